The van der Waals surface area contributed by atoms with Crippen molar-refractivity contribution in [1.29, 1.82) is 0 Å². The van der Waals surface area contributed by atoms with Crippen LogP contribution in [-0.2, 0) is 16.0 Å². The summed E-state index contributed by atoms with van der Waals surface area (Å²) in [6, 6.07) is 0. The third kappa shape index (κ3) is 4.71. The van der Waals surface area contributed by atoms with E-state index in [1.807, 2.05) is 20.8 Å². The van der Waals surface area contributed by atoms with Crippen molar-refractivity contribution >= 4 is 11.3 Å². The van der Waals surface area contributed by atoms with Crippen LogP contribution in [0.4, 0.5) is 0 Å². The number of methoxy groups -OCH3 is 1. The summed E-state index contributed by atoms with van der Waals surface area (Å²) >= 11 is -2.24. The fourth-order valence-corrected chi connectivity index (χ4v) is 1.88. The van der Waals surface area contributed by atoms with Crippen LogP contribution in [0.1, 0.15) is 33.6 Å². The molecule has 2 atom stereocenters. The molecule has 0 aliphatic carbocycles. The van der Waals surface area contributed by atoms with Crippen LogP contribution in [0.3, 0.4) is 0 Å². The van der Waals surface area contributed by atoms with Gasteiger partial charge in [-0.05, 0) is 20.3 Å². The average molecular weight is 208 g/mol. The van der Waals surface area contributed by atoms with Gasteiger partial charge in [-0.1, -0.05) is 13.3 Å². The van der Waals surface area contributed by atoms with Crippen molar-refractivity contribution in [3.63, 3.8) is 0 Å². The van der Waals surface area contributed by atoms with Crippen LogP contribution in [0, 0.1) is 0 Å². The molecule has 80 valence electrons. The van der Waals surface area contributed by atoms with Crippen LogP contribution in [0.25, 0.3) is 0 Å². The minimum absolute atomic E-state index is 0.0876. The van der Waals surface area contributed by atoms with E-state index in [1.165, 1.54) is 0 Å². The van der Waals surface area contributed by atoms with Gasteiger partial charge in [-0.25, -0.2) is 4.72 Å². The van der Waals surface area contributed by atoms with Crippen LogP contribution in [0.2, 0.25) is 0 Å². The minimum Gasteiger partial charge on any atom is -0.760 e. The third-order valence-electron chi connectivity index (χ3n) is 1.99. The lowest BCUT2D eigenvalue weighted by atomic mass is 9.95. The molecule has 0 spiro atoms. The van der Waals surface area contributed by atoms with E-state index in [9.17, 15) is 8.76 Å². The van der Waals surface area contributed by atoms with Crippen LogP contribution < -0.4 is 4.72 Å². The predicted molar refractivity (Wildman–Crippen MR) is 51.8 cm³/mol. The zero-order valence-electron chi connectivity index (χ0n) is 8.62. The van der Waals surface area contributed by atoms with E-state index in [0.717, 1.165) is 12.8 Å². The standard InChI is InChI=1S/C8H19NO3S/c1-5-6-7(12-4)8(2,3)9-13(10)11/h7,9H,5-6H2,1-4H3,(H,10,11)/p-1. The first-order valence-electron chi connectivity index (χ1n) is 4.34. The Labute approximate surface area is 82.5 Å². The van der Waals surface area contributed by atoms with E-state index >= 15 is 0 Å². The summed E-state index contributed by atoms with van der Waals surface area (Å²) in [6.45, 7) is 5.66. The van der Waals surface area contributed by atoms with Crippen molar-refractivity contribution in [2.24, 2.45) is 0 Å². The molecule has 0 aliphatic rings. The van der Waals surface area contributed by atoms with Crippen LogP contribution in [-0.4, -0.2) is 27.5 Å². The maximum atomic E-state index is 10.5. The predicted octanol–water partition coefficient (Wildman–Crippen LogP) is 0.964. The van der Waals surface area contributed by atoms with E-state index in [4.69, 9.17) is 4.74 Å². The van der Waals surface area contributed by atoms with Crippen molar-refractivity contribution in [1.82, 2.24) is 4.72 Å². The van der Waals surface area contributed by atoms with Gasteiger partial charge in [-0.2, -0.15) is 0 Å². The summed E-state index contributed by atoms with van der Waals surface area (Å²) in [5.41, 5.74) is -0.544. The zero-order valence-corrected chi connectivity index (χ0v) is 9.44. The molecule has 0 aromatic carbocycles. The smallest absolute Gasteiger partial charge is 0.0756 e. The molecule has 0 fully saturated rings. The SMILES string of the molecule is CCCC(OC)C(C)(C)NS(=O)[O-]. The molecule has 0 amide bonds. The monoisotopic (exact) mass is 208 g/mol. The summed E-state index contributed by atoms with van der Waals surface area (Å²) in [6.07, 6.45) is 1.72. The van der Waals surface area contributed by atoms with Gasteiger partial charge in [0.05, 0.1) is 11.6 Å². The van der Waals surface area contributed by atoms with Gasteiger partial charge in [0.2, 0.25) is 0 Å². The largest absolute Gasteiger partial charge is 0.760 e. The maximum Gasteiger partial charge on any atom is 0.0756 e. The summed E-state index contributed by atoms with van der Waals surface area (Å²) in [7, 11) is 1.59. The van der Waals surface area contributed by atoms with Gasteiger partial charge in [0.1, 0.15) is 0 Å². The second-order valence-electron chi connectivity index (χ2n) is 3.57. The number of hydrogen-bond donors (Lipinski definition) is 1. The quantitative estimate of drug-likeness (QED) is 0.661. The van der Waals surface area contributed by atoms with Gasteiger partial charge >= 0.3 is 0 Å². The van der Waals surface area contributed by atoms with Crippen molar-refractivity contribution in [3.05, 3.63) is 0 Å². The van der Waals surface area contributed by atoms with E-state index < -0.39 is 16.8 Å². The van der Waals surface area contributed by atoms with E-state index in [2.05, 4.69) is 4.72 Å². The summed E-state index contributed by atoms with van der Waals surface area (Å²) in [5, 5.41) is 0. The number of rotatable bonds is 6. The molecule has 4 nitrogen and oxygen atoms in total. The minimum atomic E-state index is -2.24. The van der Waals surface area contributed by atoms with Crippen molar-refractivity contribution < 1.29 is 13.5 Å². The molecule has 0 aliphatic heterocycles. The van der Waals surface area contributed by atoms with Gasteiger partial charge < -0.3 is 9.29 Å². The van der Waals surface area contributed by atoms with Crippen LogP contribution in [0.15, 0.2) is 0 Å². The number of ether oxygens (including phenoxy) is 1. The van der Waals surface area contributed by atoms with Gasteiger partial charge in [0.15, 0.2) is 0 Å². The lowest BCUT2D eigenvalue weighted by Gasteiger charge is -2.34. The molecule has 5 heteroatoms. The molecule has 0 aromatic rings. The molecule has 0 saturated carbocycles. The molecule has 2 unspecified atom stereocenters. The molecule has 0 aromatic heterocycles. The molecule has 0 heterocycles. The first-order valence-corrected chi connectivity index (χ1v) is 5.41. The highest BCUT2D eigenvalue weighted by atomic mass is 32.2. The van der Waals surface area contributed by atoms with Gasteiger partial charge in [-0.3, -0.25) is 4.21 Å². The Morgan fingerprint density at radius 2 is 2.15 bits per heavy atom. The summed E-state index contributed by atoms with van der Waals surface area (Å²) in [5.74, 6) is 0. The molecule has 13 heavy (non-hydrogen) atoms. The Bertz CT molecular complexity index is 173. The van der Waals surface area contributed by atoms with Gasteiger partial charge in [0, 0.05) is 18.4 Å². The zero-order chi connectivity index (χ0) is 10.5. The van der Waals surface area contributed by atoms with Gasteiger partial charge in [0.25, 0.3) is 0 Å². The highest BCUT2D eigenvalue weighted by Gasteiger charge is 2.28. The fourth-order valence-electron chi connectivity index (χ4n) is 1.32. The molecule has 0 rings (SSSR count). The lowest BCUT2D eigenvalue weighted by molar-refractivity contribution is 0.0353. The highest BCUT2D eigenvalue weighted by molar-refractivity contribution is 7.77. The van der Waals surface area contributed by atoms with Gasteiger partial charge in [-0.15, -0.1) is 0 Å². The first kappa shape index (κ1) is 13.0. The third-order valence-corrected chi connectivity index (χ3v) is 2.68. The second-order valence-corrected chi connectivity index (χ2v) is 4.25. The van der Waals surface area contributed by atoms with Crippen molar-refractivity contribution in [2.45, 2.75) is 45.3 Å². The normalized spacial score (nSPS) is 17.0. The average Bonchev–Trinajstić information content (AvgIpc) is 1.97. The summed E-state index contributed by atoms with van der Waals surface area (Å²) in [4.78, 5) is 0. The van der Waals surface area contributed by atoms with Crippen LogP contribution in [0.5, 0.6) is 0 Å². The summed E-state index contributed by atoms with van der Waals surface area (Å²) < 4.78 is 28.6. The Morgan fingerprint density at radius 1 is 1.62 bits per heavy atom. The Morgan fingerprint density at radius 3 is 2.46 bits per heavy atom. The highest BCUT2D eigenvalue weighted by Crippen LogP contribution is 2.17. The molecule has 0 radical (unpaired) electrons. The molecule has 1 N–H and O–H groups in total. The van der Waals surface area contributed by atoms with E-state index in [1.54, 1.807) is 7.11 Å². The Balaban J connectivity index is 4.27. The van der Waals surface area contributed by atoms with E-state index in [-0.39, 0.29) is 6.10 Å². The molecular formula is C8H18NO3S-. The van der Waals surface area contributed by atoms with Crippen LogP contribution >= 0.6 is 0 Å². The number of hydrogen-bond acceptors (Lipinski definition) is 3. The Kier molecular flexibility index (Phi) is 5.71. The topological polar surface area (TPSA) is 61.4 Å². The first-order chi connectivity index (χ1) is 5.94. The van der Waals surface area contributed by atoms with E-state index in [0.29, 0.717) is 0 Å². The lowest BCUT2D eigenvalue weighted by Crippen LogP contribution is -2.50. The fraction of sp³-hybridized carbons (Fsp3) is 1.00. The molecular weight excluding hydrogens is 190 g/mol. The maximum absolute atomic E-state index is 10.5. The van der Waals surface area contributed by atoms with Crippen molar-refractivity contribution in [2.75, 3.05) is 7.11 Å². The second kappa shape index (κ2) is 5.70. The van der Waals surface area contributed by atoms with Crippen molar-refractivity contribution in [3.8, 4) is 0 Å². The number of nitrogens with one attached hydrogen (secondary N) is 1. The molecule has 0 saturated heterocycles. The molecule has 0 bridgehead atoms. The Hall–Kier alpha value is 0.0300.